The Bertz CT molecular complexity index is 432. The first-order valence-electron chi connectivity index (χ1n) is 7.43. The van der Waals surface area contributed by atoms with Gasteiger partial charge < -0.3 is 19.5 Å². The van der Waals surface area contributed by atoms with Crippen molar-refractivity contribution in [3.05, 3.63) is 48.3 Å². The normalized spacial score (nSPS) is 23.0. The van der Waals surface area contributed by atoms with E-state index in [4.69, 9.17) is 8.83 Å². The predicted octanol–water partition coefficient (Wildman–Crippen LogP) is 3.06. The Labute approximate surface area is 119 Å². The average Bonchev–Trinajstić information content (AvgIpc) is 3.17. The number of furan rings is 2. The third-order valence-corrected chi connectivity index (χ3v) is 4.00. The van der Waals surface area contributed by atoms with Crippen molar-refractivity contribution >= 4 is 0 Å². The van der Waals surface area contributed by atoms with Crippen LogP contribution in [0.3, 0.4) is 0 Å². The second kappa shape index (κ2) is 6.77. The lowest BCUT2D eigenvalue weighted by atomic mass is 9.90. The molecule has 20 heavy (non-hydrogen) atoms. The van der Waals surface area contributed by atoms with E-state index in [-0.39, 0.29) is 0 Å². The average molecular weight is 274 g/mol. The third-order valence-electron chi connectivity index (χ3n) is 4.00. The monoisotopic (exact) mass is 274 g/mol. The van der Waals surface area contributed by atoms with E-state index in [1.165, 1.54) is 25.7 Å². The minimum Gasteiger partial charge on any atom is -0.468 e. The molecular formula is C16H22N2O2. The summed E-state index contributed by atoms with van der Waals surface area (Å²) in [6.07, 6.45) is 8.49. The maximum absolute atomic E-state index is 5.38. The second-order valence-corrected chi connectivity index (χ2v) is 5.42. The largest absolute Gasteiger partial charge is 0.468 e. The Kier molecular flexibility index (Phi) is 4.56. The lowest BCUT2D eigenvalue weighted by Gasteiger charge is -2.32. The molecule has 3 rings (SSSR count). The Morgan fingerprint density at radius 1 is 0.850 bits per heavy atom. The summed E-state index contributed by atoms with van der Waals surface area (Å²) in [5.41, 5.74) is 0. The molecule has 0 bridgehead atoms. The number of hydrogen-bond acceptors (Lipinski definition) is 4. The molecule has 0 saturated heterocycles. The number of hydrogen-bond donors (Lipinski definition) is 2. The van der Waals surface area contributed by atoms with Gasteiger partial charge in [-0.1, -0.05) is 12.8 Å². The van der Waals surface area contributed by atoms with Gasteiger partial charge in [-0.15, -0.1) is 0 Å². The first kappa shape index (κ1) is 13.5. The third kappa shape index (κ3) is 3.52. The summed E-state index contributed by atoms with van der Waals surface area (Å²) in [6.45, 7) is 1.60. The quantitative estimate of drug-likeness (QED) is 0.850. The molecule has 2 atom stereocenters. The van der Waals surface area contributed by atoms with E-state index >= 15 is 0 Å². The van der Waals surface area contributed by atoms with Crippen LogP contribution in [0.4, 0.5) is 0 Å². The van der Waals surface area contributed by atoms with Gasteiger partial charge in [0.2, 0.25) is 0 Å². The molecular weight excluding hydrogens is 252 g/mol. The molecule has 0 amide bonds. The van der Waals surface area contributed by atoms with Gasteiger partial charge in [-0.25, -0.2) is 0 Å². The highest BCUT2D eigenvalue weighted by molar-refractivity contribution is 5.00. The Morgan fingerprint density at radius 2 is 1.35 bits per heavy atom. The molecule has 0 spiro atoms. The Hall–Kier alpha value is -1.52. The molecule has 0 radical (unpaired) electrons. The molecule has 2 aromatic heterocycles. The fourth-order valence-electron chi connectivity index (χ4n) is 2.91. The van der Waals surface area contributed by atoms with Gasteiger partial charge in [0.05, 0.1) is 25.6 Å². The van der Waals surface area contributed by atoms with Gasteiger partial charge in [0.25, 0.3) is 0 Å². The minimum atomic E-state index is 0.504. The molecule has 1 saturated carbocycles. The second-order valence-electron chi connectivity index (χ2n) is 5.42. The molecule has 1 aliphatic rings. The molecule has 2 aromatic rings. The van der Waals surface area contributed by atoms with E-state index in [1.54, 1.807) is 12.5 Å². The van der Waals surface area contributed by atoms with Crippen molar-refractivity contribution in [3.8, 4) is 0 Å². The molecule has 0 unspecified atom stereocenters. The molecule has 2 heterocycles. The van der Waals surface area contributed by atoms with Crippen LogP contribution in [-0.2, 0) is 13.1 Å². The van der Waals surface area contributed by atoms with Gasteiger partial charge in [-0.3, -0.25) is 0 Å². The zero-order valence-electron chi connectivity index (χ0n) is 11.7. The van der Waals surface area contributed by atoms with Crippen LogP contribution in [0.5, 0.6) is 0 Å². The maximum atomic E-state index is 5.38. The summed E-state index contributed by atoms with van der Waals surface area (Å²) in [4.78, 5) is 0. The van der Waals surface area contributed by atoms with Crippen LogP contribution < -0.4 is 10.6 Å². The molecule has 1 aliphatic carbocycles. The van der Waals surface area contributed by atoms with Gasteiger partial charge in [-0.2, -0.15) is 0 Å². The summed E-state index contributed by atoms with van der Waals surface area (Å²) in [7, 11) is 0. The Morgan fingerprint density at radius 3 is 1.75 bits per heavy atom. The van der Waals surface area contributed by atoms with Gasteiger partial charge in [-0.05, 0) is 37.1 Å². The van der Waals surface area contributed by atoms with Crippen LogP contribution in [0.15, 0.2) is 45.6 Å². The number of nitrogens with one attached hydrogen (secondary N) is 2. The lowest BCUT2D eigenvalue weighted by molar-refractivity contribution is 0.270. The van der Waals surface area contributed by atoms with E-state index in [0.717, 1.165) is 24.6 Å². The molecule has 0 aromatic carbocycles. The Balaban J connectivity index is 1.50. The van der Waals surface area contributed by atoms with Crippen LogP contribution in [0.2, 0.25) is 0 Å². The summed E-state index contributed by atoms with van der Waals surface area (Å²) in [5, 5.41) is 7.23. The van der Waals surface area contributed by atoms with Crippen LogP contribution in [-0.4, -0.2) is 12.1 Å². The molecule has 0 aliphatic heterocycles. The van der Waals surface area contributed by atoms with Crippen molar-refractivity contribution in [1.82, 2.24) is 10.6 Å². The predicted molar refractivity (Wildman–Crippen MR) is 77.1 cm³/mol. The first-order valence-corrected chi connectivity index (χ1v) is 7.43. The van der Waals surface area contributed by atoms with E-state index in [0.29, 0.717) is 12.1 Å². The standard InChI is InChI=1S/C16H22N2O2/c1-2-8-16(18-12-14-6-4-10-20-14)15(7-1)17-11-13-5-3-9-19-13/h3-6,9-10,15-18H,1-2,7-8,11-12H2/t15-,16+. The maximum Gasteiger partial charge on any atom is 0.117 e. The zero-order chi connectivity index (χ0) is 13.6. The summed E-state index contributed by atoms with van der Waals surface area (Å²) in [6, 6.07) is 8.91. The van der Waals surface area contributed by atoms with Gasteiger partial charge in [0.15, 0.2) is 0 Å². The summed E-state index contributed by atoms with van der Waals surface area (Å²) in [5.74, 6) is 2.00. The highest BCUT2D eigenvalue weighted by Gasteiger charge is 2.24. The SMILES string of the molecule is c1coc(CN[C@H]2CCCC[C@H]2NCc2ccco2)c1. The first-order chi connectivity index (χ1) is 9.92. The van der Waals surface area contributed by atoms with Crippen molar-refractivity contribution < 1.29 is 8.83 Å². The van der Waals surface area contributed by atoms with Crippen molar-refractivity contribution in [2.24, 2.45) is 0 Å². The smallest absolute Gasteiger partial charge is 0.117 e. The van der Waals surface area contributed by atoms with Crippen LogP contribution in [0.1, 0.15) is 37.2 Å². The molecule has 1 fully saturated rings. The van der Waals surface area contributed by atoms with Crippen molar-refractivity contribution in [1.29, 1.82) is 0 Å². The van der Waals surface area contributed by atoms with Crippen LogP contribution in [0.25, 0.3) is 0 Å². The van der Waals surface area contributed by atoms with Crippen molar-refractivity contribution in [2.45, 2.75) is 50.9 Å². The summed E-state index contributed by atoms with van der Waals surface area (Å²) < 4.78 is 10.8. The number of rotatable bonds is 6. The van der Waals surface area contributed by atoms with Gasteiger partial charge in [0, 0.05) is 12.1 Å². The van der Waals surface area contributed by atoms with Crippen molar-refractivity contribution in [3.63, 3.8) is 0 Å². The molecule has 108 valence electrons. The zero-order valence-corrected chi connectivity index (χ0v) is 11.7. The fraction of sp³-hybridized carbons (Fsp3) is 0.500. The highest BCUT2D eigenvalue weighted by atomic mass is 16.3. The molecule has 2 N–H and O–H groups in total. The van der Waals surface area contributed by atoms with Crippen LogP contribution in [0, 0.1) is 0 Å². The van der Waals surface area contributed by atoms with Gasteiger partial charge in [0.1, 0.15) is 11.5 Å². The van der Waals surface area contributed by atoms with Crippen LogP contribution >= 0.6 is 0 Å². The molecule has 4 heteroatoms. The van der Waals surface area contributed by atoms with Crippen molar-refractivity contribution in [2.75, 3.05) is 0 Å². The van der Waals surface area contributed by atoms with Gasteiger partial charge >= 0.3 is 0 Å². The molecule has 4 nitrogen and oxygen atoms in total. The van der Waals surface area contributed by atoms with E-state index in [9.17, 15) is 0 Å². The van der Waals surface area contributed by atoms with E-state index < -0.39 is 0 Å². The van der Waals surface area contributed by atoms with E-state index in [1.807, 2.05) is 24.3 Å². The highest BCUT2D eigenvalue weighted by Crippen LogP contribution is 2.19. The van der Waals surface area contributed by atoms with E-state index in [2.05, 4.69) is 10.6 Å². The summed E-state index contributed by atoms with van der Waals surface area (Å²) >= 11 is 0. The lowest BCUT2D eigenvalue weighted by Crippen LogP contribution is -2.49. The minimum absolute atomic E-state index is 0.504. The fourth-order valence-corrected chi connectivity index (χ4v) is 2.91. The topological polar surface area (TPSA) is 50.3 Å².